The zero-order valence-corrected chi connectivity index (χ0v) is 16.4. The Bertz CT molecular complexity index is 1200. The van der Waals surface area contributed by atoms with Crippen LogP contribution in [0.25, 0.3) is 0 Å². The predicted molar refractivity (Wildman–Crippen MR) is 112 cm³/mol. The summed E-state index contributed by atoms with van der Waals surface area (Å²) >= 11 is 0. The van der Waals surface area contributed by atoms with Gasteiger partial charge in [0.25, 0.3) is 0 Å². The first-order chi connectivity index (χ1) is 14.6. The summed E-state index contributed by atoms with van der Waals surface area (Å²) < 4.78 is 0. The van der Waals surface area contributed by atoms with E-state index in [4.69, 9.17) is 0 Å². The van der Waals surface area contributed by atoms with Crippen LogP contribution in [0.1, 0.15) is 33.7 Å². The molecule has 4 heteroatoms. The number of nitrogens with zero attached hydrogens (tertiary/aromatic N) is 1. The van der Waals surface area contributed by atoms with Crippen LogP contribution < -0.4 is 4.90 Å². The van der Waals surface area contributed by atoms with Gasteiger partial charge in [0.2, 0.25) is 11.8 Å². The second kappa shape index (κ2) is 5.76. The summed E-state index contributed by atoms with van der Waals surface area (Å²) in [6.45, 7) is 1.96. The van der Waals surface area contributed by atoms with Crippen molar-refractivity contribution in [1.82, 2.24) is 0 Å². The van der Waals surface area contributed by atoms with E-state index >= 15 is 0 Å². The summed E-state index contributed by atoms with van der Waals surface area (Å²) in [6, 6.07) is 23.0. The number of aldehydes is 1. The van der Waals surface area contributed by atoms with Crippen LogP contribution in [0.5, 0.6) is 0 Å². The van der Waals surface area contributed by atoms with Crippen molar-refractivity contribution in [3.8, 4) is 0 Å². The van der Waals surface area contributed by atoms with Crippen molar-refractivity contribution in [3.05, 3.63) is 101 Å². The van der Waals surface area contributed by atoms with Crippen molar-refractivity contribution < 1.29 is 14.4 Å². The number of anilines is 1. The third-order valence-electron chi connectivity index (χ3n) is 7.16. The van der Waals surface area contributed by atoms with Crippen LogP contribution >= 0.6 is 0 Å². The van der Waals surface area contributed by atoms with Gasteiger partial charge in [0, 0.05) is 5.92 Å². The lowest BCUT2D eigenvalue weighted by atomic mass is 9.48. The molecule has 0 N–H and O–H groups in total. The van der Waals surface area contributed by atoms with Crippen LogP contribution in [-0.2, 0) is 19.8 Å². The highest BCUT2D eigenvalue weighted by Gasteiger charge is 2.68. The highest BCUT2D eigenvalue weighted by atomic mass is 16.2. The predicted octanol–water partition coefficient (Wildman–Crippen LogP) is 3.74. The van der Waals surface area contributed by atoms with Gasteiger partial charge in [0.05, 0.1) is 22.9 Å². The van der Waals surface area contributed by atoms with Gasteiger partial charge in [-0.1, -0.05) is 66.2 Å². The Morgan fingerprint density at radius 1 is 0.800 bits per heavy atom. The standard InChI is InChI=1S/C26H19NO3/c1-15-10-12-16(13-11-15)27-24(29)22-21-17-6-2-4-8-19(17)26(14-28,23(22)25(27)30)20-9-5-3-7-18(20)21/h2-14,21-23H,1H3/t21?,22-,23?,26?/m1/s1. The molecule has 3 aromatic carbocycles. The molecule has 1 unspecified atom stereocenters. The summed E-state index contributed by atoms with van der Waals surface area (Å²) in [5.41, 5.74) is 4.17. The van der Waals surface area contributed by atoms with Crippen LogP contribution in [0.3, 0.4) is 0 Å². The highest BCUT2D eigenvalue weighted by Crippen LogP contribution is 2.63. The molecule has 30 heavy (non-hydrogen) atoms. The minimum Gasteiger partial charge on any atom is -0.302 e. The van der Waals surface area contributed by atoms with Crippen LogP contribution in [0, 0.1) is 18.8 Å². The number of hydrogen-bond acceptors (Lipinski definition) is 3. The van der Waals surface area contributed by atoms with E-state index in [0.29, 0.717) is 5.69 Å². The first kappa shape index (κ1) is 17.3. The lowest BCUT2D eigenvalue weighted by Gasteiger charge is -2.51. The molecule has 0 radical (unpaired) electrons. The third kappa shape index (κ3) is 1.85. The topological polar surface area (TPSA) is 54.5 Å². The first-order valence-corrected chi connectivity index (χ1v) is 10.2. The molecule has 1 saturated heterocycles. The Morgan fingerprint density at radius 3 is 1.93 bits per heavy atom. The van der Waals surface area contributed by atoms with Crippen molar-refractivity contribution in [2.75, 3.05) is 4.90 Å². The van der Waals surface area contributed by atoms with Gasteiger partial charge in [0.15, 0.2) is 0 Å². The minimum atomic E-state index is -1.14. The molecule has 1 heterocycles. The summed E-state index contributed by atoms with van der Waals surface area (Å²) in [4.78, 5) is 41.6. The average molecular weight is 393 g/mol. The molecule has 3 aliphatic carbocycles. The van der Waals surface area contributed by atoms with Crippen molar-refractivity contribution in [2.45, 2.75) is 18.3 Å². The van der Waals surface area contributed by atoms with Crippen LogP contribution in [0.15, 0.2) is 72.8 Å². The van der Waals surface area contributed by atoms with Gasteiger partial charge in [-0.05, 0) is 41.3 Å². The maximum Gasteiger partial charge on any atom is 0.239 e. The van der Waals surface area contributed by atoms with E-state index in [9.17, 15) is 14.4 Å². The maximum atomic E-state index is 13.8. The van der Waals surface area contributed by atoms with Gasteiger partial charge in [-0.3, -0.25) is 9.59 Å². The maximum absolute atomic E-state index is 13.8. The summed E-state index contributed by atoms with van der Waals surface area (Å²) in [7, 11) is 0. The van der Waals surface area contributed by atoms with Crippen molar-refractivity contribution in [2.24, 2.45) is 11.8 Å². The molecule has 2 atom stereocenters. The molecule has 2 amide bonds. The number of benzene rings is 3. The van der Waals surface area contributed by atoms with E-state index in [1.165, 1.54) is 4.90 Å². The third-order valence-corrected chi connectivity index (χ3v) is 7.16. The molecule has 2 bridgehead atoms. The van der Waals surface area contributed by atoms with Gasteiger partial charge in [-0.15, -0.1) is 0 Å². The van der Waals surface area contributed by atoms with E-state index < -0.39 is 17.3 Å². The number of aryl methyl sites for hydroxylation is 1. The smallest absolute Gasteiger partial charge is 0.239 e. The molecule has 7 rings (SSSR count). The molecule has 4 aliphatic rings. The van der Waals surface area contributed by atoms with Crippen molar-refractivity contribution >= 4 is 23.8 Å². The molecule has 0 spiro atoms. The summed E-state index contributed by atoms with van der Waals surface area (Å²) in [6.07, 6.45) is 0.904. The number of carbonyl (C=O) groups excluding carboxylic acids is 3. The van der Waals surface area contributed by atoms with Gasteiger partial charge in [-0.25, -0.2) is 4.90 Å². The monoisotopic (exact) mass is 393 g/mol. The van der Waals surface area contributed by atoms with E-state index in [-0.39, 0.29) is 17.7 Å². The molecule has 0 saturated carbocycles. The molecule has 0 aromatic heterocycles. The lowest BCUT2D eigenvalue weighted by Crippen LogP contribution is -2.54. The Kier molecular flexibility index (Phi) is 3.33. The normalized spacial score (nSPS) is 28.2. The molecular weight excluding hydrogens is 374 g/mol. The van der Waals surface area contributed by atoms with E-state index in [1.54, 1.807) is 12.1 Å². The summed E-state index contributed by atoms with van der Waals surface area (Å²) in [5, 5.41) is 0. The van der Waals surface area contributed by atoms with Crippen molar-refractivity contribution in [3.63, 3.8) is 0 Å². The highest BCUT2D eigenvalue weighted by molar-refractivity contribution is 6.24. The second-order valence-electron chi connectivity index (χ2n) is 8.49. The van der Waals surface area contributed by atoms with E-state index in [1.807, 2.05) is 67.6 Å². The number of hydrogen-bond donors (Lipinski definition) is 0. The minimum absolute atomic E-state index is 0.214. The lowest BCUT2D eigenvalue weighted by molar-refractivity contribution is -0.128. The zero-order chi connectivity index (χ0) is 20.6. The molecule has 1 aliphatic heterocycles. The number of carbonyl (C=O) groups is 3. The SMILES string of the molecule is Cc1ccc(N2C(=O)C3[C@H](C2=O)C2c4ccccc4C3(C=O)c3ccccc32)cc1. The molecule has 3 aromatic rings. The van der Waals surface area contributed by atoms with Gasteiger partial charge in [-0.2, -0.15) is 0 Å². The zero-order valence-electron chi connectivity index (χ0n) is 16.4. The van der Waals surface area contributed by atoms with Crippen LogP contribution in [-0.4, -0.2) is 18.1 Å². The number of rotatable bonds is 2. The van der Waals surface area contributed by atoms with Gasteiger partial charge >= 0.3 is 0 Å². The average Bonchev–Trinajstić information content (AvgIpc) is 3.05. The Hall–Kier alpha value is -3.53. The van der Waals surface area contributed by atoms with Gasteiger partial charge in [0.1, 0.15) is 6.29 Å². The molecule has 146 valence electrons. The second-order valence-corrected chi connectivity index (χ2v) is 8.49. The number of imide groups is 1. The van der Waals surface area contributed by atoms with Gasteiger partial charge < -0.3 is 4.79 Å². The number of amides is 2. The molecule has 4 nitrogen and oxygen atoms in total. The Morgan fingerprint density at radius 2 is 1.37 bits per heavy atom. The fourth-order valence-electron chi connectivity index (χ4n) is 5.98. The fraction of sp³-hybridized carbons (Fsp3) is 0.192. The van der Waals surface area contributed by atoms with E-state index in [0.717, 1.165) is 34.1 Å². The summed E-state index contributed by atoms with van der Waals surface area (Å²) in [5.74, 6) is -2.02. The molecule has 1 fully saturated rings. The first-order valence-electron chi connectivity index (χ1n) is 10.2. The fourth-order valence-corrected chi connectivity index (χ4v) is 5.98. The quantitative estimate of drug-likeness (QED) is 0.492. The van der Waals surface area contributed by atoms with Crippen LogP contribution in [0.2, 0.25) is 0 Å². The van der Waals surface area contributed by atoms with Crippen LogP contribution in [0.4, 0.5) is 5.69 Å². The van der Waals surface area contributed by atoms with Crippen molar-refractivity contribution in [1.29, 1.82) is 0 Å². The molecular formula is C26H19NO3. The van der Waals surface area contributed by atoms with E-state index in [2.05, 4.69) is 0 Å². The Labute approximate surface area is 174 Å². The largest absolute Gasteiger partial charge is 0.302 e. The Balaban J connectivity index is 1.64.